The average Bonchev–Trinajstić information content (AvgIpc) is 2.75. The van der Waals surface area contributed by atoms with Crippen molar-refractivity contribution < 1.29 is 14.7 Å². The van der Waals surface area contributed by atoms with Gasteiger partial charge in [0.2, 0.25) is 5.91 Å². The predicted octanol–water partition coefficient (Wildman–Crippen LogP) is 1.57. The number of benzene rings is 1. The van der Waals surface area contributed by atoms with Crippen LogP contribution in [0.3, 0.4) is 0 Å². The molecule has 0 radical (unpaired) electrons. The van der Waals surface area contributed by atoms with Crippen molar-refractivity contribution in [2.45, 2.75) is 20.3 Å². The van der Waals surface area contributed by atoms with Crippen molar-refractivity contribution in [1.82, 2.24) is 14.7 Å². The fourth-order valence-corrected chi connectivity index (χ4v) is 2.33. The second-order valence-corrected chi connectivity index (χ2v) is 5.22. The number of carbonyl (C=O) groups is 2. The highest BCUT2D eigenvalue weighted by atomic mass is 16.4. The molecular weight excluding hydrogens is 282 g/mol. The zero-order chi connectivity index (χ0) is 16.3. The topological polar surface area (TPSA) is 75.4 Å². The van der Waals surface area contributed by atoms with E-state index in [2.05, 4.69) is 5.10 Å². The third-order valence-electron chi connectivity index (χ3n) is 3.57. The number of carboxylic acids is 1. The fourth-order valence-electron chi connectivity index (χ4n) is 2.33. The molecule has 0 aliphatic rings. The number of nitrogens with zero attached hydrogens (tertiary/aromatic N) is 3. The molecule has 0 atom stereocenters. The second kappa shape index (κ2) is 6.43. The molecule has 22 heavy (non-hydrogen) atoms. The van der Waals surface area contributed by atoms with Crippen molar-refractivity contribution in [3.05, 3.63) is 47.3 Å². The van der Waals surface area contributed by atoms with Crippen molar-refractivity contribution in [3.8, 4) is 5.69 Å². The third kappa shape index (κ3) is 3.33. The molecule has 6 heteroatoms. The zero-order valence-electron chi connectivity index (χ0n) is 12.9. The van der Waals surface area contributed by atoms with E-state index in [1.54, 1.807) is 4.68 Å². The van der Waals surface area contributed by atoms with E-state index in [1.165, 1.54) is 11.9 Å². The molecule has 1 amide bonds. The minimum atomic E-state index is -1.02. The molecule has 0 aliphatic carbocycles. The number of rotatable bonds is 5. The Balaban J connectivity index is 2.24. The van der Waals surface area contributed by atoms with Gasteiger partial charge < -0.3 is 10.0 Å². The summed E-state index contributed by atoms with van der Waals surface area (Å²) in [5.74, 6) is -1.26. The van der Waals surface area contributed by atoms with E-state index in [1.807, 2.05) is 44.2 Å². The molecule has 0 fully saturated rings. The van der Waals surface area contributed by atoms with Gasteiger partial charge in [0.1, 0.15) is 6.54 Å². The lowest BCUT2D eigenvalue weighted by Crippen LogP contribution is -2.33. The van der Waals surface area contributed by atoms with Gasteiger partial charge in [0.05, 0.1) is 17.8 Å². The molecule has 0 bridgehead atoms. The SMILES string of the molecule is Cc1nn(-c2ccccc2)c(C)c1CC(=O)N(C)CC(=O)O. The maximum Gasteiger partial charge on any atom is 0.323 e. The Kier molecular flexibility index (Phi) is 4.60. The summed E-state index contributed by atoms with van der Waals surface area (Å²) in [6, 6.07) is 9.68. The summed E-state index contributed by atoms with van der Waals surface area (Å²) in [7, 11) is 1.49. The number of hydrogen-bond donors (Lipinski definition) is 1. The van der Waals surface area contributed by atoms with Gasteiger partial charge in [-0.2, -0.15) is 5.10 Å². The van der Waals surface area contributed by atoms with E-state index < -0.39 is 5.97 Å². The molecular formula is C16H19N3O3. The summed E-state index contributed by atoms with van der Waals surface area (Å²) in [5, 5.41) is 13.2. The van der Waals surface area contributed by atoms with Crippen LogP contribution in [0.25, 0.3) is 5.69 Å². The highest BCUT2D eigenvalue weighted by Gasteiger charge is 2.19. The minimum absolute atomic E-state index is 0.147. The van der Waals surface area contributed by atoms with Crippen LogP contribution in [0.15, 0.2) is 30.3 Å². The minimum Gasteiger partial charge on any atom is -0.480 e. The van der Waals surface area contributed by atoms with Crippen LogP contribution < -0.4 is 0 Å². The van der Waals surface area contributed by atoms with E-state index in [-0.39, 0.29) is 18.9 Å². The van der Waals surface area contributed by atoms with E-state index in [0.717, 1.165) is 22.6 Å². The number of aryl methyl sites for hydroxylation is 1. The highest BCUT2D eigenvalue weighted by molar-refractivity contribution is 5.83. The van der Waals surface area contributed by atoms with E-state index in [0.29, 0.717) is 0 Å². The molecule has 1 heterocycles. The summed E-state index contributed by atoms with van der Waals surface area (Å²) in [4.78, 5) is 24.0. The Morgan fingerprint density at radius 2 is 1.86 bits per heavy atom. The first-order valence-corrected chi connectivity index (χ1v) is 6.96. The maximum atomic E-state index is 12.1. The van der Waals surface area contributed by atoms with Crippen LogP contribution in [0.2, 0.25) is 0 Å². The fraction of sp³-hybridized carbons (Fsp3) is 0.312. The summed E-state index contributed by atoms with van der Waals surface area (Å²) in [6.07, 6.45) is 0.147. The lowest BCUT2D eigenvalue weighted by Gasteiger charge is -2.14. The molecule has 0 unspecified atom stereocenters. The third-order valence-corrected chi connectivity index (χ3v) is 3.57. The Hall–Kier alpha value is -2.63. The number of aliphatic carboxylic acids is 1. The van der Waals surface area contributed by atoms with Gasteiger partial charge in [-0.15, -0.1) is 0 Å². The molecule has 2 aromatic rings. The number of carboxylic acid groups (broad SMARTS) is 1. The molecule has 0 spiro atoms. The van der Waals surface area contributed by atoms with Crippen molar-refractivity contribution in [2.75, 3.05) is 13.6 Å². The molecule has 0 aliphatic heterocycles. The molecule has 1 N–H and O–H groups in total. The number of aromatic nitrogens is 2. The van der Waals surface area contributed by atoms with Crippen LogP contribution in [-0.4, -0.2) is 45.3 Å². The average molecular weight is 301 g/mol. The molecule has 1 aromatic heterocycles. The van der Waals surface area contributed by atoms with Gasteiger partial charge in [-0.3, -0.25) is 9.59 Å². The number of likely N-dealkylation sites (N-methyl/N-ethyl adjacent to an activating group) is 1. The normalized spacial score (nSPS) is 10.5. The number of amides is 1. The van der Waals surface area contributed by atoms with Crippen LogP contribution in [0.4, 0.5) is 0 Å². The van der Waals surface area contributed by atoms with Gasteiger partial charge in [0.25, 0.3) is 0 Å². The van der Waals surface area contributed by atoms with E-state index in [4.69, 9.17) is 5.11 Å². The first kappa shape index (κ1) is 15.8. The molecule has 0 saturated carbocycles. The second-order valence-electron chi connectivity index (χ2n) is 5.22. The van der Waals surface area contributed by atoms with Crippen molar-refractivity contribution >= 4 is 11.9 Å². The lowest BCUT2D eigenvalue weighted by atomic mass is 10.1. The Bertz CT molecular complexity index is 692. The van der Waals surface area contributed by atoms with Crippen molar-refractivity contribution in [1.29, 1.82) is 0 Å². The van der Waals surface area contributed by atoms with Gasteiger partial charge >= 0.3 is 5.97 Å². The molecule has 0 saturated heterocycles. The number of para-hydroxylation sites is 1. The van der Waals surface area contributed by atoms with Gasteiger partial charge in [-0.05, 0) is 26.0 Å². The summed E-state index contributed by atoms with van der Waals surface area (Å²) in [5.41, 5.74) is 3.44. The van der Waals surface area contributed by atoms with Crippen LogP contribution in [0, 0.1) is 13.8 Å². The molecule has 6 nitrogen and oxygen atoms in total. The van der Waals surface area contributed by atoms with Gasteiger partial charge in [-0.25, -0.2) is 4.68 Å². The smallest absolute Gasteiger partial charge is 0.323 e. The van der Waals surface area contributed by atoms with E-state index >= 15 is 0 Å². The lowest BCUT2D eigenvalue weighted by molar-refractivity contribution is -0.143. The summed E-state index contributed by atoms with van der Waals surface area (Å²) < 4.78 is 1.80. The highest BCUT2D eigenvalue weighted by Crippen LogP contribution is 2.18. The van der Waals surface area contributed by atoms with Crippen molar-refractivity contribution in [2.24, 2.45) is 0 Å². The quantitative estimate of drug-likeness (QED) is 0.909. The van der Waals surface area contributed by atoms with Crippen molar-refractivity contribution in [3.63, 3.8) is 0 Å². The standard InChI is InChI=1S/C16H19N3O3/c1-11-14(9-15(20)18(3)10-16(21)22)12(2)19(17-11)13-7-5-4-6-8-13/h4-8H,9-10H2,1-3H3,(H,21,22). The predicted molar refractivity (Wildman–Crippen MR) is 82.0 cm³/mol. The van der Waals surface area contributed by atoms with Crippen LogP contribution in [0.1, 0.15) is 17.0 Å². The zero-order valence-corrected chi connectivity index (χ0v) is 12.9. The largest absolute Gasteiger partial charge is 0.480 e. The first-order chi connectivity index (χ1) is 10.4. The summed E-state index contributed by atoms with van der Waals surface area (Å²) >= 11 is 0. The van der Waals surface area contributed by atoms with Gasteiger partial charge in [0.15, 0.2) is 0 Å². The van der Waals surface area contributed by atoms with Crippen LogP contribution in [-0.2, 0) is 16.0 Å². The monoisotopic (exact) mass is 301 g/mol. The molecule has 116 valence electrons. The molecule has 2 rings (SSSR count). The molecule has 1 aromatic carbocycles. The number of carbonyl (C=O) groups excluding carboxylic acids is 1. The van der Waals surface area contributed by atoms with Crippen LogP contribution in [0.5, 0.6) is 0 Å². The van der Waals surface area contributed by atoms with E-state index in [9.17, 15) is 9.59 Å². The Morgan fingerprint density at radius 1 is 1.23 bits per heavy atom. The Morgan fingerprint density at radius 3 is 2.45 bits per heavy atom. The first-order valence-electron chi connectivity index (χ1n) is 6.96. The Labute approximate surface area is 129 Å². The summed E-state index contributed by atoms with van der Waals surface area (Å²) in [6.45, 7) is 3.46. The van der Waals surface area contributed by atoms with Gasteiger partial charge in [0, 0.05) is 18.3 Å². The number of hydrogen-bond acceptors (Lipinski definition) is 3. The maximum absolute atomic E-state index is 12.1. The van der Waals surface area contributed by atoms with Crippen LogP contribution >= 0.6 is 0 Å². The van der Waals surface area contributed by atoms with Gasteiger partial charge in [-0.1, -0.05) is 18.2 Å².